The number of anilines is 3. The lowest BCUT2D eigenvalue weighted by atomic mass is 10.2. The van der Waals surface area contributed by atoms with Crippen LogP contribution in [0.25, 0.3) is 0 Å². The molecule has 2 heterocycles. The number of methoxy groups -OCH3 is 1. The van der Waals surface area contributed by atoms with Crippen LogP contribution in [0.4, 0.5) is 17.3 Å². The average molecular weight is 384 g/mol. The predicted molar refractivity (Wildman–Crippen MR) is 104 cm³/mol. The molecule has 2 aromatic heterocycles. The Kier molecular flexibility index (Phi) is 5.83. The van der Waals surface area contributed by atoms with Gasteiger partial charge in [-0.1, -0.05) is 17.7 Å². The Labute approximate surface area is 161 Å². The fourth-order valence-electron chi connectivity index (χ4n) is 2.41. The third-order valence-corrected chi connectivity index (χ3v) is 3.99. The number of hydrogen-bond donors (Lipinski definition) is 2. The first-order chi connectivity index (χ1) is 13.0. The second-order valence-corrected chi connectivity index (χ2v) is 6.08. The summed E-state index contributed by atoms with van der Waals surface area (Å²) in [6.07, 6.45) is 1.74. The molecule has 3 rings (SSSR count). The number of aromatic nitrogens is 3. The van der Waals surface area contributed by atoms with Gasteiger partial charge in [0.2, 0.25) is 0 Å². The standard InChI is InChI=1S/C19H18ClN5O2/c1-12-23-17(22-11-14-5-3-4-8-21-14)10-18(24-12)25-16-9-13(19(26)27-2)6-7-15(16)20/h3-10H,11H2,1-2H3,(H2,22,23,24,25). The van der Waals surface area contributed by atoms with Crippen molar-refractivity contribution in [3.8, 4) is 0 Å². The normalized spacial score (nSPS) is 10.3. The number of carbonyl (C=O) groups excluding carboxylic acids is 1. The van der Waals surface area contributed by atoms with Crippen LogP contribution in [-0.2, 0) is 11.3 Å². The van der Waals surface area contributed by atoms with Crippen molar-refractivity contribution < 1.29 is 9.53 Å². The molecule has 8 heteroatoms. The van der Waals surface area contributed by atoms with Gasteiger partial charge in [0.05, 0.1) is 35.6 Å². The molecule has 0 radical (unpaired) electrons. The quantitative estimate of drug-likeness (QED) is 0.622. The third-order valence-electron chi connectivity index (χ3n) is 3.66. The van der Waals surface area contributed by atoms with E-state index in [2.05, 4.69) is 25.6 Å². The second-order valence-electron chi connectivity index (χ2n) is 5.67. The minimum Gasteiger partial charge on any atom is -0.465 e. The van der Waals surface area contributed by atoms with E-state index in [1.165, 1.54) is 7.11 Å². The SMILES string of the molecule is COC(=O)c1ccc(Cl)c(Nc2cc(NCc3ccccn3)nc(C)n2)c1. The molecule has 0 unspecified atom stereocenters. The fourth-order valence-corrected chi connectivity index (χ4v) is 2.57. The highest BCUT2D eigenvalue weighted by Crippen LogP contribution is 2.27. The van der Waals surface area contributed by atoms with Crippen molar-refractivity contribution in [3.63, 3.8) is 0 Å². The molecule has 0 saturated heterocycles. The lowest BCUT2D eigenvalue weighted by molar-refractivity contribution is 0.0601. The number of aryl methyl sites for hydroxylation is 1. The van der Waals surface area contributed by atoms with Gasteiger partial charge in [0.25, 0.3) is 0 Å². The largest absolute Gasteiger partial charge is 0.465 e. The van der Waals surface area contributed by atoms with E-state index < -0.39 is 5.97 Å². The van der Waals surface area contributed by atoms with Gasteiger partial charge in [-0.3, -0.25) is 4.98 Å². The Morgan fingerprint density at radius 1 is 1.15 bits per heavy atom. The van der Waals surface area contributed by atoms with Gasteiger partial charge in [-0.25, -0.2) is 14.8 Å². The van der Waals surface area contributed by atoms with Gasteiger partial charge in [0, 0.05) is 12.3 Å². The molecule has 0 fully saturated rings. The summed E-state index contributed by atoms with van der Waals surface area (Å²) in [7, 11) is 1.33. The summed E-state index contributed by atoms with van der Waals surface area (Å²) >= 11 is 6.23. The average Bonchev–Trinajstić information content (AvgIpc) is 2.68. The molecule has 0 saturated carbocycles. The zero-order valence-electron chi connectivity index (χ0n) is 14.9. The summed E-state index contributed by atoms with van der Waals surface area (Å²) in [6.45, 7) is 2.33. The number of carbonyl (C=O) groups is 1. The number of esters is 1. The summed E-state index contributed by atoms with van der Waals surface area (Å²) in [6, 6.07) is 12.3. The third kappa shape index (κ3) is 4.92. The van der Waals surface area contributed by atoms with E-state index in [-0.39, 0.29) is 0 Å². The van der Waals surface area contributed by atoms with Crippen molar-refractivity contribution in [2.45, 2.75) is 13.5 Å². The van der Waals surface area contributed by atoms with Crippen molar-refractivity contribution in [3.05, 3.63) is 70.8 Å². The van der Waals surface area contributed by atoms with Crippen LogP contribution in [0.3, 0.4) is 0 Å². The van der Waals surface area contributed by atoms with Crippen LogP contribution in [0, 0.1) is 6.92 Å². The van der Waals surface area contributed by atoms with Crippen molar-refractivity contribution in [2.75, 3.05) is 17.7 Å². The first-order valence-electron chi connectivity index (χ1n) is 8.19. The van der Waals surface area contributed by atoms with E-state index in [1.807, 2.05) is 18.2 Å². The Morgan fingerprint density at radius 3 is 2.70 bits per heavy atom. The van der Waals surface area contributed by atoms with Crippen LogP contribution >= 0.6 is 11.6 Å². The van der Waals surface area contributed by atoms with Gasteiger partial charge in [-0.05, 0) is 37.3 Å². The molecule has 0 aliphatic heterocycles. The summed E-state index contributed by atoms with van der Waals surface area (Å²) in [4.78, 5) is 24.7. The van der Waals surface area contributed by atoms with Gasteiger partial charge >= 0.3 is 5.97 Å². The van der Waals surface area contributed by atoms with Crippen LogP contribution in [-0.4, -0.2) is 28.0 Å². The minimum atomic E-state index is -0.439. The summed E-state index contributed by atoms with van der Waals surface area (Å²) < 4.78 is 4.74. The van der Waals surface area contributed by atoms with Crippen LogP contribution in [0.5, 0.6) is 0 Å². The van der Waals surface area contributed by atoms with Crippen LogP contribution < -0.4 is 10.6 Å². The van der Waals surface area contributed by atoms with E-state index in [4.69, 9.17) is 16.3 Å². The first-order valence-corrected chi connectivity index (χ1v) is 8.57. The van der Waals surface area contributed by atoms with E-state index in [0.717, 1.165) is 5.69 Å². The first kappa shape index (κ1) is 18.6. The highest BCUT2D eigenvalue weighted by molar-refractivity contribution is 6.33. The smallest absolute Gasteiger partial charge is 0.337 e. The Morgan fingerprint density at radius 2 is 1.96 bits per heavy atom. The number of nitrogens with one attached hydrogen (secondary N) is 2. The van der Waals surface area contributed by atoms with Gasteiger partial charge in [0.1, 0.15) is 17.5 Å². The van der Waals surface area contributed by atoms with Crippen molar-refractivity contribution in [1.29, 1.82) is 0 Å². The molecule has 0 aliphatic carbocycles. The maximum atomic E-state index is 11.7. The van der Waals surface area contributed by atoms with Crippen LogP contribution in [0.15, 0.2) is 48.7 Å². The summed E-state index contributed by atoms with van der Waals surface area (Å²) in [5.74, 6) is 1.35. The molecular formula is C19H18ClN5O2. The number of ether oxygens (including phenoxy) is 1. The minimum absolute atomic E-state index is 0.392. The van der Waals surface area contributed by atoms with Crippen LogP contribution in [0.2, 0.25) is 5.02 Å². The Balaban J connectivity index is 1.79. The lowest BCUT2D eigenvalue weighted by Crippen LogP contribution is -2.06. The molecule has 7 nitrogen and oxygen atoms in total. The number of hydrogen-bond acceptors (Lipinski definition) is 7. The van der Waals surface area contributed by atoms with Crippen LogP contribution in [0.1, 0.15) is 21.9 Å². The summed E-state index contributed by atoms with van der Waals surface area (Å²) in [5.41, 5.74) is 1.84. The Bertz CT molecular complexity index is 950. The van der Waals surface area contributed by atoms with E-state index in [1.54, 1.807) is 37.4 Å². The molecule has 1 aromatic carbocycles. The Hall–Kier alpha value is -3.19. The van der Waals surface area contributed by atoms with E-state index >= 15 is 0 Å². The molecule has 3 aromatic rings. The molecule has 0 atom stereocenters. The molecular weight excluding hydrogens is 366 g/mol. The van der Waals surface area contributed by atoms with Gasteiger partial charge in [-0.15, -0.1) is 0 Å². The van der Waals surface area contributed by atoms with Gasteiger partial charge in [0.15, 0.2) is 0 Å². The van der Waals surface area contributed by atoms with Crippen molar-refractivity contribution in [1.82, 2.24) is 15.0 Å². The molecule has 2 N–H and O–H groups in total. The molecule has 0 aliphatic rings. The zero-order valence-corrected chi connectivity index (χ0v) is 15.6. The van der Waals surface area contributed by atoms with E-state index in [9.17, 15) is 4.79 Å². The second kappa shape index (κ2) is 8.46. The van der Waals surface area contributed by atoms with Gasteiger partial charge in [-0.2, -0.15) is 0 Å². The number of rotatable bonds is 6. The number of pyridine rings is 1. The van der Waals surface area contributed by atoms with Gasteiger partial charge < -0.3 is 15.4 Å². The molecule has 0 bridgehead atoms. The zero-order chi connectivity index (χ0) is 19.2. The topological polar surface area (TPSA) is 89.0 Å². The number of benzene rings is 1. The van der Waals surface area contributed by atoms with E-state index in [0.29, 0.717) is 40.3 Å². The molecule has 27 heavy (non-hydrogen) atoms. The highest BCUT2D eigenvalue weighted by Gasteiger charge is 2.10. The maximum Gasteiger partial charge on any atom is 0.337 e. The highest BCUT2D eigenvalue weighted by atomic mass is 35.5. The lowest BCUT2D eigenvalue weighted by Gasteiger charge is -2.12. The molecule has 0 spiro atoms. The van der Waals surface area contributed by atoms with Crippen molar-refractivity contribution in [2.24, 2.45) is 0 Å². The number of halogens is 1. The number of nitrogens with zero attached hydrogens (tertiary/aromatic N) is 3. The molecule has 138 valence electrons. The fraction of sp³-hybridized carbons (Fsp3) is 0.158. The maximum absolute atomic E-state index is 11.7. The molecule has 0 amide bonds. The summed E-state index contributed by atoms with van der Waals surface area (Å²) in [5, 5.41) is 6.81. The van der Waals surface area contributed by atoms with Crippen molar-refractivity contribution >= 4 is 34.9 Å². The monoisotopic (exact) mass is 383 g/mol. The predicted octanol–water partition coefficient (Wildman–Crippen LogP) is 3.98.